The SMILES string of the molecule is CCN(CC)c1ccc(-n2c(C)cc(/C=C3\C(=O)NC(=S)N(c4ccc(C)cc4C)C3=O)c2C)cc1. The Morgan fingerprint density at radius 1 is 0.944 bits per heavy atom. The second kappa shape index (κ2) is 10.1. The molecule has 1 aromatic heterocycles. The van der Waals surface area contributed by atoms with Crippen LogP contribution < -0.4 is 15.1 Å². The average molecular weight is 501 g/mol. The third-order valence-electron chi connectivity index (χ3n) is 6.70. The Kier molecular flexibility index (Phi) is 7.13. The minimum Gasteiger partial charge on any atom is -0.372 e. The summed E-state index contributed by atoms with van der Waals surface area (Å²) in [5.74, 6) is -0.913. The fourth-order valence-corrected chi connectivity index (χ4v) is 5.09. The highest BCUT2D eigenvalue weighted by atomic mass is 32.1. The topological polar surface area (TPSA) is 57.6 Å². The lowest BCUT2D eigenvalue weighted by Crippen LogP contribution is -2.54. The third-order valence-corrected chi connectivity index (χ3v) is 6.99. The molecule has 4 rings (SSSR count). The summed E-state index contributed by atoms with van der Waals surface area (Å²) in [7, 11) is 0. The van der Waals surface area contributed by atoms with Crippen LogP contribution in [0.1, 0.15) is 41.9 Å². The van der Waals surface area contributed by atoms with E-state index < -0.39 is 11.8 Å². The molecule has 0 saturated carbocycles. The van der Waals surface area contributed by atoms with Crippen molar-refractivity contribution in [1.29, 1.82) is 0 Å². The number of nitrogens with one attached hydrogen (secondary N) is 1. The fraction of sp³-hybridized carbons (Fsp3) is 0.276. The van der Waals surface area contributed by atoms with E-state index in [9.17, 15) is 9.59 Å². The zero-order valence-electron chi connectivity index (χ0n) is 21.7. The highest BCUT2D eigenvalue weighted by molar-refractivity contribution is 7.80. The molecule has 2 aromatic carbocycles. The van der Waals surface area contributed by atoms with Crippen molar-refractivity contribution in [3.8, 4) is 5.69 Å². The molecule has 1 saturated heterocycles. The van der Waals surface area contributed by atoms with Crippen molar-refractivity contribution >= 4 is 46.6 Å². The average Bonchev–Trinajstić information content (AvgIpc) is 3.12. The summed E-state index contributed by atoms with van der Waals surface area (Å²) in [6, 6.07) is 16.2. The van der Waals surface area contributed by atoms with Crippen molar-refractivity contribution in [1.82, 2.24) is 9.88 Å². The zero-order chi connectivity index (χ0) is 26.1. The van der Waals surface area contributed by atoms with Crippen molar-refractivity contribution in [2.75, 3.05) is 22.9 Å². The first-order valence-corrected chi connectivity index (χ1v) is 12.6. The van der Waals surface area contributed by atoms with Gasteiger partial charge in [0.2, 0.25) is 0 Å². The number of amides is 2. The molecule has 0 spiro atoms. The van der Waals surface area contributed by atoms with Crippen LogP contribution in [0.5, 0.6) is 0 Å². The fourth-order valence-electron chi connectivity index (χ4n) is 4.82. The molecule has 3 aromatic rings. The molecule has 6 nitrogen and oxygen atoms in total. The highest BCUT2D eigenvalue weighted by Crippen LogP contribution is 2.28. The largest absolute Gasteiger partial charge is 0.372 e. The van der Waals surface area contributed by atoms with Gasteiger partial charge in [-0.25, -0.2) is 0 Å². The van der Waals surface area contributed by atoms with Gasteiger partial charge in [0, 0.05) is 35.9 Å². The van der Waals surface area contributed by atoms with E-state index in [4.69, 9.17) is 12.2 Å². The van der Waals surface area contributed by atoms with Crippen LogP contribution >= 0.6 is 12.2 Å². The summed E-state index contributed by atoms with van der Waals surface area (Å²) in [5.41, 5.74) is 7.70. The van der Waals surface area contributed by atoms with E-state index in [-0.39, 0.29) is 10.7 Å². The lowest BCUT2D eigenvalue weighted by atomic mass is 10.0. The van der Waals surface area contributed by atoms with Crippen molar-refractivity contribution < 1.29 is 9.59 Å². The Morgan fingerprint density at radius 3 is 2.22 bits per heavy atom. The van der Waals surface area contributed by atoms with E-state index in [0.29, 0.717) is 5.69 Å². The van der Waals surface area contributed by atoms with Gasteiger partial charge in [0.25, 0.3) is 11.8 Å². The predicted molar refractivity (Wildman–Crippen MR) is 151 cm³/mol. The summed E-state index contributed by atoms with van der Waals surface area (Å²) in [6.45, 7) is 14.1. The number of hydrogen-bond acceptors (Lipinski definition) is 4. The van der Waals surface area contributed by atoms with Gasteiger partial charge in [-0.05, 0) is 107 Å². The Hall–Kier alpha value is -3.71. The number of aromatic nitrogens is 1. The summed E-state index contributed by atoms with van der Waals surface area (Å²) in [6.07, 6.45) is 1.67. The number of rotatable bonds is 6. The van der Waals surface area contributed by atoms with E-state index in [2.05, 4.69) is 52.9 Å². The van der Waals surface area contributed by atoms with Crippen LogP contribution in [0.4, 0.5) is 11.4 Å². The first-order chi connectivity index (χ1) is 17.2. The normalized spacial score (nSPS) is 15.0. The Bertz CT molecular complexity index is 1380. The molecular formula is C29H32N4O2S. The summed E-state index contributed by atoms with van der Waals surface area (Å²) in [4.78, 5) is 30.1. The number of hydrogen-bond donors (Lipinski definition) is 1. The molecule has 0 aliphatic carbocycles. The van der Waals surface area contributed by atoms with Crippen molar-refractivity contribution in [3.05, 3.63) is 82.2 Å². The Balaban J connectivity index is 1.71. The molecule has 0 atom stereocenters. The maximum atomic E-state index is 13.5. The van der Waals surface area contributed by atoms with Crippen LogP contribution in [0.3, 0.4) is 0 Å². The second-order valence-corrected chi connectivity index (χ2v) is 9.49. The van der Waals surface area contributed by atoms with Crippen molar-refractivity contribution in [2.45, 2.75) is 41.5 Å². The van der Waals surface area contributed by atoms with Gasteiger partial charge < -0.3 is 9.47 Å². The summed E-state index contributed by atoms with van der Waals surface area (Å²) in [5, 5.41) is 2.78. The van der Waals surface area contributed by atoms with Crippen molar-refractivity contribution in [2.24, 2.45) is 0 Å². The van der Waals surface area contributed by atoms with Crippen LogP contribution in [0.2, 0.25) is 0 Å². The molecule has 186 valence electrons. The molecule has 0 radical (unpaired) electrons. The predicted octanol–water partition coefficient (Wildman–Crippen LogP) is 5.39. The quantitative estimate of drug-likeness (QED) is 0.280. The number of anilines is 2. The van der Waals surface area contributed by atoms with Crippen molar-refractivity contribution in [3.63, 3.8) is 0 Å². The number of benzene rings is 2. The molecule has 2 heterocycles. The lowest BCUT2D eigenvalue weighted by molar-refractivity contribution is -0.122. The molecule has 1 N–H and O–H groups in total. The van der Waals surface area contributed by atoms with E-state index in [1.165, 1.54) is 10.6 Å². The highest BCUT2D eigenvalue weighted by Gasteiger charge is 2.35. The van der Waals surface area contributed by atoms with E-state index >= 15 is 0 Å². The molecule has 0 unspecified atom stereocenters. The number of carbonyl (C=O) groups is 2. The number of carbonyl (C=O) groups excluding carboxylic acids is 2. The van der Waals surface area contributed by atoms with Gasteiger partial charge in [-0.3, -0.25) is 19.8 Å². The van der Waals surface area contributed by atoms with E-state index in [1.54, 1.807) is 6.08 Å². The van der Waals surface area contributed by atoms with Gasteiger partial charge in [-0.2, -0.15) is 0 Å². The maximum absolute atomic E-state index is 13.5. The maximum Gasteiger partial charge on any atom is 0.270 e. The minimum atomic E-state index is -0.487. The first kappa shape index (κ1) is 25.4. The molecule has 1 fully saturated rings. The number of nitrogens with zero attached hydrogens (tertiary/aromatic N) is 3. The van der Waals surface area contributed by atoms with Gasteiger partial charge in [-0.1, -0.05) is 17.7 Å². The zero-order valence-corrected chi connectivity index (χ0v) is 22.5. The first-order valence-electron chi connectivity index (χ1n) is 12.2. The van der Waals surface area contributed by atoms with E-state index in [1.807, 2.05) is 52.0 Å². The van der Waals surface area contributed by atoms with Crippen LogP contribution in [0.25, 0.3) is 11.8 Å². The van der Waals surface area contributed by atoms with Gasteiger partial charge in [0.15, 0.2) is 5.11 Å². The monoisotopic (exact) mass is 500 g/mol. The van der Waals surface area contributed by atoms with Crippen LogP contribution in [0, 0.1) is 27.7 Å². The molecule has 1 aliphatic heterocycles. The Labute approximate surface area is 218 Å². The summed E-state index contributed by atoms with van der Waals surface area (Å²) >= 11 is 5.37. The molecule has 2 amide bonds. The van der Waals surface area contributed by atoms with Crippen LogP contribution in [0.15, 0.2) is 54.1 Å². The molecular weight excluding hydrogens is 468 g/mol. The van der Waals surface area contributed by atoms with Gasteiger partial charge >= 0.3 is 0 Å². The lowest BCUT2D eigenvalue weighted by Gasteiger charge is -2.30. The van der Waals surface area contributed by atoms with Gasteiger partial charge in [-0.15, -0.1) is 0 Å². The van der Waals surface area contributed by atoms with Gasteiger partial charge in [0.1, 0.15) is 5.57 Å². The number of thiocarbonyl (C=S) groups is 1. The van der Waals surface area contributed by atoms with E-state index in [0.717, 1.165) is 46.9 Å². The molecule has 1 aliphatic rings. The molecule has 0 bridgehead atoms. The molecule has 36 heavy (non-hydrogen) atoms. The standard InChI is InChI=1S/C29H32N4O2S/c1-7-31(8-2)23-10-12-24(13-11-23)32-20(5)16-22(21(32)6)17-25-27(34)30-29(36)33(28(25)35)26-14-9-18(3)15-19(26)4/h9-17H,7-8H2,1-6H3,(H,30,34,36)/b25-17+. The summed E-state index contributed by atoms with van der Waals surface area (Å²) < 4.78 is 2.14. The minimum absolute atomic E-state index is 0.0562. The number of aryl methyl sites for hydroxylation is 3. The second-order valence-electron chi connectivity index (χ2n) is 9.10. The third kappa shape index (κ3) is 4.58. The molecule has 7 heteroatoms. The van der Waals surface area contributed by atoms with Gasteiger partial charge in [0.05, 0.1) is 5.69 Å². The van der Waals surface area contributed by atoms with Crippen LogP contribution in [-0.2, 0) is 9.59 Å². The Morgan fingerprint density at radius 2 is 1.61 bits per heavy atom. The van der Waals surface area contributed by atoms with Crippen LogP contribution in [-0.4, -0.2) is 34.6 Å². The smallest absolute Gasteiger partial charge is 0.270 e.